The summed E-state index contributed by atoms with van der Waals surface area (Å²) in [5.41, 5.74) is 8.50. The number of aliphatic hydroxyl groups is 1. The lowest BCUT2D eigenvalue weighted by molar-refractivity contribution is -0.178. The molecule has 8 rings (SSSR count). The van der Waals surface area contributed by atoms with Crippen molar-refractivity contribution in [3.63, 3.8) is 0 Å². The minimum absolute atomic E-state index is 0.0536. The fourth-order valence-electron chi connectivity index (χ4n) is 9.29. The van der Waals surface area contributed by atoms with E-state index >= 15 is 4.79 Å². The molecule has 0 unspecified atom stereocenters. The van der Waals surface area contributed by atoms with Crippen LogP contribution in [0.5, 0.6) is 5.75 Å². The summed E-state index contributed by atoms with van der Waals surface area (Å²) >= 11 is 0. The highest BCUT2D eigenvalue weighted by molar-refractivity contribution is 6.23. The Labute approximate surface area is 342 Å². The van der Waals surface area contributed by atoms with Crippen molar-refractivity contribution in [1.82, 2.24) is 4.90 Å². The Bertz CT molecular complexity index is 2320. The molecular formula is C47H45N3O9. The van der Waals surface area contributed by atoms with Gasteiger partial charge < -0.3 is 29.8 Å². The molecule has 2 fully saturated rings. The number of carbonyl (C=O) groups is 4. The van der Waals surface area contributed by atoms with Gasteiger partial charge >= 0.3 is 12.1 Å². The van der Waals surface area contributed by atoms with E-state index in [1.54, 1.807) is 42.5 Å². The van der Waals surface area contributed by atoms with Gasteiger partial charge in [0.2, 0.25) is 11.8 Å². The second kappa shape index (κ2) is 16.9. The van der Waals surface area contributed by atoms with Crippen molar-refractivity contribution in [2.24, 2.45) is 11.7 Å². The van der Waals surface area contributed by atoms with Crippen LogP contribution in [0.15, 0.2) is 115 Å². The second-order valence-corrected chi connectivity index (χ2v) is 15.0. The highest BCUT2D eigenvalue weighted by Gasteiger charge is 2.75. The van der Waals surface area contributed by atoms with E-state index in [0.29, 0.717) is 28.0 Å². The largest absolute Gasteiger partial charge is 0.491 e. The van der Waals surface area contributed by atoms with Crippen LogP contribution in [0, 0.1) is 17.8 Å². The van der Waals surface area contributed by atoms with Crippen molar-refractivity contribution in [2.45, 2.75) is 55.3 Å². The number of carbonyl (C=O) groups excluding carboxylic acids is 4. The van der Waals surface area contributed by atoms with Crippen molar-refractivity contribution >= 4 is 29.6 Å². The molecule has 12 heteroatoms. The number of fused-ring (bicyclic) bond motifs is 3. The molecule has 1 spiro atoms. The molecule has 302 valence electrons. The quantitative estimate of drug-likeness (QED) is 0.114. The monoisotopic (exact) mass is 795 g/mol. The number of nitrogens with zero attached hydrogens (tertiary/aromatic N) is 2. The molecular weight excluding hydrogens is 751 g/mol. The van der Waals surface area contributed by atoms with Gasteiger partial charge in [0, 0.05) is 12.7 Å². The van der Waals surface area contributed by atoms with Crippen molar-refractivity contribution < 1.29 is 43.2 Å². The number of cyclic esters (lactones) is 1. The molecule has 0 bridgehead atoms. The number of anilines is 1. The van der Waals surface area contributed by atoms with Gasteiger partial charge in [-0.15, -0.1) is 0 Å². The topological polar surface area (TPSA) is 158 Å². The normalized spacial score (nSPS) is 24.7. The minimum atomic E-state index is -1.99. The van der Waals surface area contributed by atoms with Crippen LogP contribution in [0.2, 0.25) is 0 Å². The van der Waals surface area contributed by atoms with Gasteiger partial charge in [-0.3, -0.25) is 19.3 Å². The summed E-state index contributed by atoms with van der Waals surface area (Å²) in [5.74, 6) is 3.03. The molecule has 0 saturated carbocycles. The Hall–Kier alpha value is -6.26. The average Bonchev–Trinajstić information content (AvgIpc) is 3.72. The maximum Gasteiger partial charge on any atom is 0.421 e. The summed E-state index contributed by atoms with van der Waals surface area (Å²) in [6.45, 7) is -0.212. The van der Waals surface area contributed by atoms with Crippen molar-refractivity contribution in [2.75, 3.05) is 38.4 Å². The van der Waals surface area contributed by atoms with Crippen LogP contribution in [0.25, 0.3) is 0 Å². The van der Waals surface area contributed by atoms with Crippen LogP contribution in [0.4, 0.5) is 10.5 Å². The number of aliphatic hydroxyl groups excluding tert-OH is 1. The molecule has 1 aliphatic carbocycles. The van der Waals surface area contributed by atoms with Gasteiger partial charge in [-0.1, -0.05) is 90.7 Å². The highest BCUT2D eigenvalue weighted by atomic mass is 16.6. The summed E-state index contributed by atoms with van der Waals surface area (Å²) in [6.07, 6.45) is 4.21. The molecule has 3 heterocycles. The maximum absolute atomic E-state index is 15.8. The smallest absolute Gasteiger partial charge is 0.421 e. The fraction of sp³-hybridized carbons (Fsp3) is 0.319. The molecule has 0 aromatic heterocycles. The first-order chi connectivity index (χ1) is 28.8. The number of ether oxygens (including phenoxy) is 4. The summed E-state index contributed by atoms with van der Waals surface area (Å²) in [6, 6.07) is 27.6. The third kappa shape index (κ3) is 7.05. The summed E-state index contributed by atoms with van der Waals surface area (Å²) in [4.78, 5) is 62.0. The van der Waals surface area contributed by atoms with E-state index in [4.69, 9.17) is 24.7 Å². The highest BCUT2D eigenvalue weighted by Crippen LogP contribution is 2.65. The number of hydrogen-bond acceptors (Lipinski definition) is 10. The zero-order chi connectivity index (χ0) is 41.1. The number of benzene rings is 4. The lowest BCUT2D eigenvalue weighted by atomic mass is 9.65. The third-order valence-electron chi connectivity index (χ3n) is 11.7. The van der Waals surface area contributed by atoms with Crippen LogP contribution < -0.4 is 15.4 Å². The van der Waals surface area contributed by atoms with E-state index in [1.165, 1.54) is 7.11 Å². The zero-order valence-electron chi connectivity index (χ0n) is 32.6. The molecule has 4 aromatic rings. The molecule has 4 aromatic carbocycles. The molecule has 3 N–H and O–H groups in total. The number of morpholine rings is 1. The first-order valence-electron chi connectivity index (χ1n) is 19.9. The molecule has 2 saturated heterocycles. The van der Waals surface area contributed by atoms with Gasteiger partial charge in [-0.05, 0) is 83.8 Å². The average molecular weight is 796 g/mol. The summed E-state index contributed by atoms with van der Waals surface area (Å²) in [5, 5.41) is 9.46. The number of imide groups is 1. The summed E-state index contributed by atoms with van der Waals surface area (Å²) < 4.78 is 22.8. The Kier molecular flexibility index (Phi) is 11.3. The number of methoxy groups -OCH3 is 1. The van der Waals surface area contributed by atoms with Crippen LogP contribution in [0.1, 0.15) is 71.7 Å². The number of nitrogens with two attached hydrogens (primary N) is 1. The third-order valence-corrected chi connectivity index (χ3v) is 11.7. The molecule has 4 aliphatic rings. The van der Waals surface area contributed by atoms with Gasteiger partial charge in [0.15, 0.2) is 0 Å². The Morgan fingerprint density at radius 2 is 1.59 bits per heavy atom. The number of amides is 3. The molecule has 6 atom stereocenters. The van der Waals surface area contributed by atoms with E-state index in [9.17, 15) is 19.5 Å². The van der Waals surface area contributed by atoms with Crippen LogP contribution >= 0.6 is 0 Å². The van der Waals surface area contributed by atoms with Crippen molar-refractivity contribution in [3.05, 3.63) is 143 Å². The predicted octanol–water partition coefficient (Wildman–Crippen LogP) is 5.84. The number of hydrogen-bond donors (Lipinski definition) is 2. The first kappa shape index (κ1) is 39.6. The van der Waals surface area contributed by atoms with Crippen molar-refractivity contribution in [1.29, 1.82) is 0 Å². The van der Waals surface area contributed by atoms with Crippen LogP contribution in [-0.2, 0) is 34.0 Å². The molecule has 12 nitrogen and oxygen atoms in total. The van der Waals surface area contributed by atoms with E-state index < -0.39 is 59.4 Å². The number of allylic oxidation sites excluding steroid dienone is 2. The summed E-state index contributed by atoms with van der Waals surface area (Å²) in [7, 11) is 1.47. The Morgan fingerprint density at radius 3 is 2.25 bits per heavy atom. The lowest BCUT2D eigenvalue weighted by Crippen LogP contribution is -2.55. The van der Waals surface area contributed by atoms with Gasteiger partial charge in [0.05, 0.1) is 36.9 Å². The fourth-order valence-corrected chi connectivity index (χ4v) is 9.29. The number of esters is 1. The van der Waals surface area contributed by atoms with Crippen LogP contribution in [-0.4, -0.2) is 73.5 Å². The molecule has 59 heavy (non-hydrogen) atoms. The zero-order valence-corrected chi connectivity index (χ0v) is 32.6. The maximum atomic E-state index is 15.8. The van der Waals surface area contributed by atoms with E-state index in [-0.39, 0.29) is 32.1 Å². The number of primary amides is 1. The van der Waals surface area contributed by atoms with Gasteiger partial charge in [-0.2, -0.15) is 0 Å². The van der Waals surface area contributed by atoms with E-state index in [1.807, 2.05) is 65.6 Å². The second-order valence-electron chi connectivity index (χ2n) is 15.0. The molecule has 3 amide bonds. The first-order valence-corrected chi connectivity index (χ1v) is 19.9. The minimum Gasteiger partial charge on any atom is -0.491 e. The Morgan fingerprint density at radius 1 is 0.864 bits per heavy atom. The molecule has 3 aliphatic heterocycles. The van der Waals surface area contributed by atoms with Gasteiger partial charge in [0.25, 0.3) is 0 Å². The van der Waals surface area contributed by atoms with E-state index in [2.05, 4.69) is 17.9 Å². The lowest BCUT2D eigenvalue weighted by Gasteiger charge is -2.46. The predicted molar refractivity (Wildman–Crippen MR) is 217 cm³/mol. The van der Waals surface area contributed by atoms with Gasteiger partial charge in [0.1, 0.15) is 36.5 Å². The van der Waals surface area contributed by atoms with Crippen molar-refractivity contribution in [3.8, 4) is 17.6 Å². The SMILES string of the molecule is COCCOC(=O)N1C(=O)[C@@]2(c3cc(C#CC4=CCCCC4)ccc31)[C@H](C(N)=O)[C@H]1C(=O)O[C@H](c3ccccc3)[C@H](c3ccccc3)N1[C@@H]2c1ccc(OCCO)cc1. The van der Waals surface area contributed by atoms with Gasteiger partial charge in [-0.25, -0.2) is 9.69 Å². The standard InChI is InChI=1S/C47H45N3O9/c1-56-27-28-58-46(55)49-37-24-19-31(18-17-30-11-5-2-6-12-30)29-36(37)47(45(49)54)38(43(48)52)40-44(53)59-41(33-15-9-4-10-16-33)39(32-13-7-3-8-14-32)50(40)42(47)34-20-22-35(23-21-34)57-26-25-51/h3-4,7-11,13-16,19-24,29,38-42,51H,2,5-6,12,25-28H2,1H3,(H2,48,52)/t38-,39-,40-,41+,42+,47-/m0/s1. The molecule has 0 radical (unpaired) electrons. The Balaban J connectivity index is 1.41. The van der Waals surface area contributed by atoms with Crippen LogP contribution in [0.3, 0.4) is 0 Å². The van der Waals surface area contributed by atoms with E-state index in [0.717, 1.165) is 41.7 Å². The number of rotatable bonds is 10.